The number of sulfonamides is 4. The molecule has 0 bridgehead atoms. The number of nitrogens with zero attached hydrogens (tertiary/aromatic N) is 13. The molecular formula is C104H125F2N21O16S4. The summed E-state index contributed by atoms with van der Waals surface area (Å²) in [7, 11) is -15.2. The van der Waals surface area contributed by atoms with Gasteiger partial charge >= 0.3 is 0 Å². The van der Waals surface area contributed by atoms with Crippen molar-refractivity contribution in [3.8, 4) is 68.2 Å². The highest BCUT2D eigenvalue weighted by molar-refractivity contribution is 7.90. The quantitative estimate of drug-likeness (QED) is 0.0216. The van der Waals surface area contributed by atoms with Crippen molar-refractivity contribution in [3.05, 3.63) is 221 Å². The number of nitrogen functional groups attached to an aromatic ring is 2. The number of rotatable bonds is 29. The number of benzene rings is 3. The first-order valence-electron chi connectivity index (χ1n) is 48.5. The number of methoxy groups -OCH3 is 1. The lowest BCUT2D eigenvalue weighted by Gasteiger charge is -2.39. The number of halogens is 2. The van der Waals surface area contributed by atoms with Crippen molar-refractivity contribution in [1.29, 1.82) is 0 Å². The highest BCUT2D eigenvalue weighted by Gasteiger charge is 2.42. The molecule has 0 radical (unpaired) electrons. The van der Waals surface area contributed by atoms with Crippen LogP contribution in [0.1, 0.15) is 200 Å². The summed E-state index contributed by atoms with van der Waals surface area (Å²) in [4.78, 5) is 92.8. The zero-order valence-corrected chi connectivity index (χ0v) is 88.1. The van der Waals surface area contributed by atoms with E-state index in [1.807, 2.05) is 103 Å². The molecule has 5 fully saturated rings. The minimum Gasteiger partial charge on any atom is -0.497 e. The Morgan fingerprint density at radius 3 is 1.50 bits per heavy atom. The van der Waals surface area contributed by atoms with Gasteiger partial charge in [-0.05, 0) is 289 Å². The van der Waals surface area contributed by atoms with Crippen LogP contribution in [-0.4, -0.2) is 189 Å². The Bertz CT molecular complexity index is 7300. The molecule has 17 rings (SSSR count). The van der Waals surface area contributed by atoms with Crippen LogP contribution in [0, 0.1) is 54.6 Å². The van der Waals surface area contributed by atoms with Gasteiger partial charge in [-0.3, -0.25) is 29.4 Å². The molecule has 4 saturated heterocycles. The van der Waals surface area contributed by atoms with Crippen LogP contribution < -0.4 is 68.9 Å². The summed E-state index contributed by atoms with van der Waals surface area (Å²) in [5.74, 6) is 1.36. The third-order valence-corrected chi connectivity index (χ3v) is 30.4. The second-order valence-electron chi connectivity index (χ2n) is 39.9. The third-order valence-electron chi connectivity index (χ3n) is 25.4. The number of nitrogens with one attached hydrogen (secondary N) is 6. The highest BCUT2D eigenvalue weighted by atomic mass is 32.2. The number of ether oxygens (including phenoxy) is 4. The van der Waals surface area contributed by atoms with Crippen LogP contribution in [0.25, 0.3) is 45.0 Å². The highest BCUT2D eigenvalue weighted by Crippen LogP contribution is 2.45. The number of H-pyrrole nitrogens is 2. The van der Waals surface area contributed by atoms with Gasteiger partial charge < -0.3 is 50.0 Å². The zero-order valence-electron chi connectivity index (χ0n) is 84.9. The number of pyridine rings is 7. The Kier molecular flexibility index (Phi) is 33.4. The first-order chi connectivity index (χ1) is 69.5. The molecule has 3 aromatic carbocycles. The van der Waals surface area contributed by atoms with Crippen LogP contribution in [0.15, 0.2) is 196 Å². The van der Waals surface area contributed by atoms with Gasteiger partial charge in [0.05, 0.1) is 83.3 Å². The molecule has 4 atom stereocenters. The standard InChI is InChI=1S/C27H32FN5O4S.C27H33N5O4S.C26H32N6O4S.C24H28FN5O4S/c1-17(2)16-37-22-13-20(12-21(28)14-22)24-8-7-23(27(34)32-38(35,36)25-9-10-29-31-25)26(30-24)33-11-3-4-19(15-33)18-5-6-18;1-16-14-27(4,5)32(15-16)25-21(26(33)31-37(34,35)23-9-7-8-22(28)29-23)12-18(3)24(30-25)20-13-19(36-6)11-10-17(20)2;1-17(2)36-22-12-9-18(15-28-22)20-11-10-19(24(29-20)32-14-6-13-26(3,4)16-32)25(33)31-37(34,35)23-8-5-7-21(27)30-23;1-14(2)34-19-12-17(11-18(25)13-19)21-8-7-20(23(27-21)30-15(3)5-6-16(30)4)24(31)29-35(32,33)22-9-10-26-28-22/h7-10,12-14,17-19H,3-6,11,15-16H2,1-2H3,(H,29,31)(H,32,34);7-13,16H,14-15H2,1-6H3,(H2,28,29)(H,31,33);5,7-12,15,17H,6,13-14,16H2,1-4H3,(H2,27,30)(H,31,33);7-16H,5-6H2,1-4H3,(H,26,28)(H,29,31)/t;;;15-,16+. The summed E-state index contributed by atoms with van der Waals surface area (Å²) < 4.78 is 162. The Labute approximate surface area is 855 Å². The molecule has 9 aromatic heterocycles. The molecule has 13 heterocycles. The van der Waals surface area contributed by atoms with Crippen molar-refractivity contribution < 1.29 is 80.6 Å². The summed E-state index contributed by atoms with van der Waals surface area (Å²) in [5.41, 5.74) is 18.2. The van der Waals surface area contributed by atoms with Crippen molar-refractivity contribution in [2.24, 2.45) is 29.1 Å². The third kappa shape index (κ3) is 27.1. The largest absolute Gasteiger partial charge is 0.497 e. The van der Waals surface area contributed by atoms with E-state index in [4.69, 9.17) is 50.4 Å². The van der Waals surface area contributed by atoms with E-state index in [0.717, 1.165) is 73.7 Å². The van der Waals surface area contributed by atoms with Gasteiger partial charge in [-0.25, -0.2) is 62.6 Å². The fourth-order valence-corrected chi connectivity index (χ4v) is 22.1. The van der Waals surface area contributed by atoms with Gasteiger partial charge in [-0.15, -0.1) is 0 Å². The molecule has 1 aliphatic carbocycles. The van der Waals surface area contributed by atoms with Gasteiger partial charge in [0.15, 0.2) is 20.1 Å². The van der Waals surface area contributed by atoms with Crippen LogP contribution in [-0.2, 0) is 40.1 Å². The zero-order chi connectivity index (χ0) is 106. The maximum atomic E-state index is 14.5. The van der Waals surface area contributed by atoms with E-state index in [1.165, 1.54) is 104 Å². The van der Waals surface area contributed by atoms with E-state index in [-0.39, 0.29) is 95.2 Å². The van der Waals surface area contributed by atoms with E-state index in [1.54, 1.807) is 67.9 Å². The van der Waals surface area contributed by atoms with E-state index in [0.29, 0.717) is 131 Å². The number of amides is 4. The van der Waals surface area contributed by atoms with Crippen molar-refractivity contribution in [2.45, 2.75) is 212 Å². The average Bonchev–Trinajstić information content (AvgIpc) is 1.69. The Morgan fingerprint density at radius 2 is 1.01 bits per heavy atom. The fraction of sp³-hybridized carbons (Fsp3) is 0.394. The summed E-state index contributed by atoms with van der Waals surface area (Å²) in [6.45, 7) is 34.1. The molecule has 2 unspecified atom stereocenters. The molecule has 12 aromatic rings. The summed E-state index contributed by atoms with van der Waals surface area (Å²) in [5, 5.41) is 10.9. The SMILES string of the molecule is CC(C)COc1cc(F)cc(-c2ccc(C(=O)NS(=O)(=O)c3ccn[nH]3)c(N3CCCC(C4CC4)C3)n2)c1.CC(C)Oc1cc(F)cc(-c2ccc(C(=O)NS(=O)(=O)c3ccn[nH]3)c(N3[C@H](C)CC[C@@H]3C)n2)c1.CC(C)Oc1ccc(-c2ccc(C(=O)NS(=O)(=O)c3cccc(N)n3)c(N3CCCC(C)(C)C3)n2)cn1.COc1ccc(C)c(-c2nc(N3CC(C)CC3(C)C)c(C(=O)NS(=O)(=O)c3cccc(N)n3)cc2C)c1. The first kappa shape index (κ1) is 108. The smallest absolute Gasteiger partial charge is 0.281 e. The molecule has 10 N–H and O–H groups in total. The van der Waals surface area contributed by atoms with Gasteiger partial charge in [0.1, 0.15) is 63.8 Å². The van der Waals surface area contributed by atoms with Crippen LogP contribution in [0.4, 0.5) is 43.7 Å². The minimum absolute atomic E-state index is 0.00198. The van der Waals surface area contributed by atoms with Crippen LogP contribution in [0.3, 0.4) is 0 Å². The number of aromatic nitrogens is 11. The maximum Gasteiger partial charge on any atom is 0.281 e. The van der Waals surface area contributed by atoms with Gasteiger partial charge in [-0.1, -0.05) is 52.8 Å². The minimum atomic E-state index is -4.25. The molecule has 43 heteroatoms. The van der Waals surface area contributed by atoms with Crippen molar-refractivity contribution >= 4 is 98.6 Å². The topological polar surface area (TPSA) is 502 Å². The molecule has 5 aliphatic rings. The normalized spacial score (nSPS) is 17.1. The van der Waals surface area contributed by atoms with Crippen molar-refractivity contribution in [2.75, 3.05) is 77.5 Å². The predicted octanol–water partition coefficient (Wildman–Crippen LogP) is 16.0. The van der Waals surface area contributed by atoms with Crippen LogP contribution >= 0.6 is 0 Å². The summed E-state index contributed by atoms with van der Waals surface area (Å²) in [6, 6.07) is 40.5. The van der Waals surface area contributed by atoms with Crippen LogP contribution in [0.2, 0.25) is 0 Å². The Balaban J connectivity index is 0.000000155. The number of aromatic amines is 2. The number of carbonyl (C=O) groups is 4. The number of nitrogens with two attached hydrogens (primary N) is 2. The second-order valence-corrected chi connectivity index (χ2v) is 46.4. The van der Waals surface area contributed by atoms with Crippen molar-refractivity contribution in [1.82, 2.24) is 74.2 Å². The van der Waals surface area contributed by atoms with Crippen LogP contribution in [0.5, 0.6) is 23.1 Å². The molecule has 4 aliphatic heterocycles. The van der Waals surface area contributed by atoms with E-state index >= 15 is 0 Å². The molecule has 4 amide bonds. The van der Waals surface area contributed by atoms with Gasteiger partial charge in [0, 0.05) is 97.0 Å². The number of aryl methyl sites for hydroxylation is 2. The summed E-state index contributed by atoms with van der Waals surface area (Å²) in [6.07, 6.45) is 13.3. The van der Waals surface area contributed by atoms with Gasteiger partial charge in [-0.2, -0.15) is 43.9 Å². The number of hydrogen-bond acceptors (Lipinski definition) is 31. The number of hydrogen-bond donors (Lipinski definition) is 8. The fourth-order valence-electron chi connectivity index (χ4n) is 18.4. The van der Waals surface area contributed by atoms with E-state index in [9.17, 15) is 61.6 Å². The molecule has 780 valence electrons. The van der Waals surface area contributed by atoms with Crippen molar-refractivity contribution in [3.63, 3.8) is 0 Å². The van der Waals surface area contributed by atoms with E-state index in [2.05, 4.69) is 98.7 Å². The monoisotopic (exact) mass is 2090 g/mol. The lowest BCUT2D eigenvalue weighted by molar-refractivity contribution is 0.0972. The molecule has 1 saturated carbocycles. The lowest BCUT2D eigenvalue weighted by Crippen LogP contribution is -2.42. The second kappa shape index (κ2) is 45.3. The van der Waals surface area contributed by atoms with Gasteiger partial charge in [0.2, 0.25) is 5.88 Å². The van der Waals surface area contributed by atoms with Gasteiger partial charge in [0.25, 0.3) is 63.7 Å². The number of anilines is 6. The maximum absolute atomic E-state index is 14.5. The molecule has 37 nitrogen and oxygen atoms in total. The Morgan fingerprint density at radius 1 is 0.497 bits per heavy atom. The molecule has 147 heavy (non-hydrogen) atoms. The Hall–Kier alpha value is -14.3. The lowest BCUT2D eigenvalue weighted by atomic mass is 9.84. The molecular weight excluding hydrogens is 1970 g/mol. The first-order valence-corrected chi connectivity index (χ1v) is 54.5. The molecule has 0 spiro atoms. The van der Waals surface area contributed by atoms with E-state index < -0.39 is 75.4 Å². The summed E-state index contributed by atoms with van der Waals surface area (Å²) >= 11 is 0. The average molecular weight is 2090 g/mol. The number of piperidine rings is 2. The predicted molar refractivity (Wildman–Crippen MR) is 556 cm³/mol. The number of carbonyl (C=O) groups excluding carboxylic acids is 4.